The monoisotopic (exact) mass is 150 g/mol. The van der Waals surface area contributed by atoms with Gasteiger partial charge in [-0.2, -0.15) is 0 Å². The molecule has 0 aromatic heterocycles. The van der Waals surface area contributed by atoms with Crippen LogP contribution in [0.5, 0.6) is 0 Å². The zero-order chi connectivity index (χ0) is 8.57. The molecule has 0 unspecified atom stereocenters. The second-order valence-electron chi connectivity index (χ2n) is 1.20. The highest BCUT2D eigenvalue weighted by molar-refractivity contribution is 5.66. The Labute approximate surface area is 57.6 Å². The van der Waals surface area contributed by atoms with E-state index >= 15 is 0 Å². The smallest absolute Gasteiger partial charge is 0.418 e. The molecular formula is C4H10N2O4. The molecule has 0 fully saturated rings. The summed E-state index contributed by atoms with van der Waals surface area (Å²) in [6.45, 7) is 1.60. The SMILES string of the molecule is CCC(=O)O.NNC(=O)O. The summed E-state index contributed by atoms with van der Waals surface area (Å²) in [7, 11) is 0. The minimum Gasteiger partial charge on any atom is -0.481 e. The minimum atomic E-state index is -1.22. The summed E-state index contributed by atoms with van der Waals surface area (Å²) in [5.74, 6) is 3.58. The van der Waals surface area contributed by atoms with E-state index in [-0.39, 0.29) is 6.42 Å². The van der Waals surface area contributed by atoms with Crippen molar-refractivity contribution in [3.8, 4) is 0 Å². The first-order chi connectivity index (χ1) is 4.54. The van der Waals surface area contributed by atoms with Crippen LogP contribution in [-0.4, -0.2) is 22.3 Å². The minimum absolute atomic E-state index is 0.222. The largest absolute Gasteiger partial charge is 0.481 e. The number of carboxylic acid groups (broad SMARTS) is 2. The standard InChI is InChI=1S/C3H6O2.CH4N2O2/c1-2-3(4)5;2-3-1(4)5/h2H2,1H3,(H,4,5);3H,2H2,(H,4,5). The van der Waals surface area contributed by atoms with E-state index in [4.69, 9.17) is 15.0 Å². The number of nitrogens with two attached hydrogens (primary N) is 1. The van der Waals surface area contributed by atoms with Crippen molar-refractivity contribution >= 4 is 12.1 Å². The molecule has 6 heteroatoms. The lowest BCUT2D eigenvalue weighted by Gasteiger charge is -1.79. The molecule has 0 radical (unpaired) electrons. The number of nitrogens with one attached hydrogen (secondary N) is 1. The fourth-order valence-electron chi connectivity index (χ4n) is 0. The number of rotatable bonds is 1. The van der Waals surface area contributed by atoms with Crippen LogP contribution in [0.4, 0.5) is 4.79 Å². The fourth-order valence-corrected chi connectivity index (χ4v) is 0. The van der Waals surface area contributed by atoms with E-state index in [1.54, 1.807) is 6.92 Å². The van der Waals surface area contributed by atoms with Crippen molar-refractivity contribution in [3.63, 3.8) is 0 Å². The second kappa shape index (κ2) is 7.70. The molecule has 10 heavy (non-hydrogen) atoms. The number of amides is 1. The van der Waals surface area contributed by atoms with Crippen LogP contribution >= 0.6 is 0 Å². The summed E-state index contributed by atoms with van der Waals surface area (Å²) in [6.07, 6.45) is -0.995. The van der Waals surface area contributed by atoms with Gasteiger partial charge in [-0.25, -0.2) is 10.6 Å². The Morgan fingerprint density at radius 3 is 1.70 bits per heavy atom. The van der Waals surface area contributed by atoms with Crippen molar-refractivity contribution < 1.29 is 19.8 Å². The first-order valence-electron chi connectivity index (χ1n) is 2.45. The molecule has 6 nitrogen and oxygen atoms in total. The number of carboxylic acids is 1. The topological polar surface area (TPSA) is 113 Å². The predicted molar refractivity (Wildman–Crippen MR) is 33.3 cm³/mol. The number of aliphatic carboxylic acids is 1. The molecule has 0 rings (SSSR count). The molecule has 5 N–H and O–H groups in total. The highest BCUT2D eigenvalue weighted by Crippen LogP contribution is 1.67. The number of hydrogen-bond donors (Lipinski definition) is 4. The lowest BCUT2D eigenvalue weighted by Crippen LogP contribution is -2.27. The molecule has 0 saturated heterocycles. The lowest BCUT2D eigenvalue weighted by molar-refractivity contribution is -0.136. The maximum atomic E-state index is 9.37. The average Bonchev–Trinajstić information content (AvgIpc) is 1.89. The third-order valence-corrected chi connectivity index (χ3v) is 0.426. The normalized spacial score (nSPS) is 7.00. The Morgan fingerprint density at radius 1 is 1.50 bits per heavy atom. The molecule has 0 heterocycles. The Kier molecular flexibility index (Phi) is 8.85. The summed E-state index contributed by atoms with van der Waals surface area (Å²) < 4.78 is 0. The maximum Gasteiger partial charge on any atom is 0.418 e. The summed E-state index contributed by atoms with van der Waals surface area (Å²) in [5.41, 5.74) is 1.44. The van der Waals surface area contributed by atoms with Crippen LogP contribution in [0, 0.1) is 0 Å². The molecule has 60 valence electrons. The van der Waals surface area contributed by atoms with Gasteiger partial charge in [-0.1, -0.05) is 6.92 Å². The van der Waals surface area contributed by atoms with Gasteiger partial charge in [-0.05, 0) is 0 Å². The number of hydrazine groups is 1. The van der Waals surface area contributed by atoms with Gasteiger partial charge in [0, 0.05) is 6.42 Å². The van der Waals surface area contributed by atoms with Crippen molar-refractivity contribution in [1.82, 2.24) is 5.43 Å². The summed E-state index contributed by atoms with van der Waals surface area (Å²) in [4.78, 5) is 18.5. The maximum absolute atomic E-state index is 9.37. The van der Waals surface area contributed by atoms with E-state index in [0.717, 1.165) is 0 Å². The van der Waals surface area contributed by atoms with Gasteiger partial charge in [0.15, 0.2) is 0 Å². The Balaban J connectivity index is 0. The molecule has 0 saturated carbocycles. The van der Waals surface area contributed by atoms with E-state index in [9.17, 15) is 4.79 Å². The van der Waals surface area contributed by atoms with E-state index in [1.807, 2.05) is 0 Å². The summed E-state index contributed by atoms with van der Waals surface area (Å²) >= 11 is 0. The fraction of sp³-hybridized carbons (Fsp3) is 0.500. The lowest BCUT2D eigenvalue weighted by atomic mass is 10.5. The van der Waals surface area contributed by atoms with Crippen LogP contribution in [0.3, 0.4) is 0 Å². The van der Waals surface area contributed by atoms with Crippen LogP contribution in [-0.2, 0) is 4.79 Å². The third kappa shape index (κ3) is 29.9. The molecule has 0 bridgehead atoms. The average molecular weight is 150 g/mol. The third-order valence-electron chi connectivity index (χ3n) is 0.426. The summed E-state index contributed by atoms with van der Waals surface area (Å²) in [6, 6.07) is 0. The highest BCUT2D eigenvalue weighted by atomic mass is 16.4. The van der Waals surface area contributed by atoms with E-state index in [0.29, 0.717) is 0 Å². The highest BCUT2D eigenvalue weighted by Gasteiger charge is 1.80. The van der Waals surface area contributed by atoms with E-state index in [2.05, 4.69) is 5.84 Å². The van der Waals surface area contributed by atoms with Crippen molar-refractivity contribution in [2.75, 3.05) is 0 Å². The van der Waals surface area contributed by atoms with Crippen LogP contribution in [0.1, 0.15) is 13.3 Å². The Bertz CT molecular complexity index is 99.8. The first-order valence-corrected chi connectivity index (χ1v) is 2.45. The Hall–Kier alpha value is -1.30. The van der Waals surface area contributed by atoms with Crippen LogP contribution in [0.2, 0.25) is 0 Å². The quantitative estimate of drug-likeness (QED) is 0.231. The van der Waals surface area contributed by atoms with Crippen molar-refractivity contribution in [2.45, 2.75) is 13.3 Å². The molecular weight excluding hydrogens is 140 g/mol. The zero-order valence-electron chi connectivity index (χ0n) is 5.50. The van der Waals surface area contributed by atoms with Crippen LogP contribution < -0.4 is 11.3 Å². The van der Waals surface area contributed by atoms with Gasteiger partial charge in [-0.3, -0.25) is 10.2 Å². The van der Waals surface area contributed by atoms with Crippen molar-refractivity contribution in [1.29, 1.82) is 0 Å². The van der Waals surface area contributed by atoms with Gasteiger partial charge in [0.05, 0.1) is 0 Å². The molecule has 0 aromatic carbocycles. The second-order valence-corrected chi connectivity index (χ2v) is 1.20. The molecule has 0 atom stereocenters. The zero-order valence-corrected chi connectivity index (χ0v) is 5.50. The molecule has 1 amide bonds. The predicted octanol–water partition coefficient (Wildman–Crippen LogP) is -0.391. The van der Waals surface area contributed by atoms with Gasteiger partial charge in [0.25, 0.3) is 0 Å². The molecule has 0 spiro atoms. The van der Waals surface area contributed by atoms with Crippen LogP contribution in [0.25, 0.3) is 0 Å². The van der Waals surface area contributed by atoms with E-state index < -0.39 is 12.1 Å². The van der Waals surface area contributed by atoms with Gasteiger partial charge in [0.2, 0.25) is 0 Å². The molecule has 0 aromatic rings. The van der Waals surface area contributed by atoms with Gasteiger partial charge in [0.1, 0.15) is 0 Å². The molecule has 0 aliphatic rings. The van der Waals surface area contributed by atoms with E-state index in [1.165, 1.54) is 5.43 Å². The summed E-state index contributed by atoms with van der Waals surface area (Å²) in [5, 5.41) is 15.2. The van der Waals surface area contributed by atoms with Crippen LogP contribution in [0.15, 0.2) is 0 Å². The molecule has 0 aliphatic heterocycles. The number of carbonyl (C=O) groups is 2. The Morgan fingerprint density at radius 2 is 1.70 bits per heavy atom. The molecule has 0 aliphatic carbocycles. The van der Waals surface area contributed by atoms with Crippen molar-refractivity contribution in [3.05, 3.63) is 0 Å². The van der Waals surface area contributed by atoms with Gasteiger partial charge in [-0.15, -0.1) is 0 Å². The van der Waals surface area contributed by atoms with Crippen molar-refractivity contribution in [2.24, 2.45) is 5.84 Å². The van der Waals surface area contributed by atoms with Gasteiger partial charge < -0.3 is 10.2 Å². The first kappa shape index (κ1) is 11.5. The van der Waals surface area contributed by atoms with Gasteiger partial charge >= 0.3 is 12.1 Å². The number of hydrogen-bond acceptors (Lipinski definition) is 3.